The van der Waals surface area contributed by atoms with Crippen molar-refractivity contribution in [1.29, 1.82) is 0 Å². The Balaban J connectivity index is 1.85. The number of hydrogen-bond acceptors (Lipinski definition) is 4. The summed E-state index contributed by atoms with van der Waals surface area (Å²) in [5.41, 5.74) is 0.472. The summed E-state index contributed by atoms with van der Waals surface area (Å²) in [5, 5.41) is 4.03. The minimum absolute atomic E-state index is 0.00000140. The molecule has 1 aliphatic rings. The van der Waals surface area contributed by atoms with E-state index in [2.05, 4.69) is 23.8 Å². The Morgan fingerprint density at radius 2 is 1.86 bits per heavy atom. The zero-order valence-electron chi connectivity index (χ0n) is 20.2. The summed E-state index contributed by atoms with van der Waals surface area (Å²) >= 11 is 6.24. The first-order valence-electron chi connectivity index (χ1n) is 11.6. The van der Waals surface area contributed by atoms with Crippen LogP contribution in [-0.4, -0.2) is 63.6 Å². The summed E-state index contributed by atoms with van der Waals surface area (Å²) in [5.74, 6) is -0.312. The van der Waals surface area contributed by atoms with Crippen molar-refractivity contribution in [3.05, 3.63) is 46.7 Å². The molecule has 0 bridgehead atoms. The molecule has 3 rings (SSSR count). The number of carbonyl (C=O) groups excluding carboxylic acids is 2. The summed E-state index contributed by atoms with van der Waals surface area (Å²) in [6.07, 6.45) is -2.54. The van der Waals surface area contributed by atoms with E-state index < -0.39 is 11.9 Å². The fraction of sp³-hybridized carbons (Fsp3) is 0.542. The van der Waals surface area contributed by atoms with Crippen molar-refractivity contribution in [3.63, 3.8) is 0 Å². The van der Waals surface area contributed by atoms with Gasteiger partial charge in [0, 0.05) is 69.9 Å². The lowest BCUT2D eigenvalue weighted by molar-refractivity contribution is -0.141. The molecule has 0 fully saturated rings. The molecule has 0 saturated carbocycles. The highest BCUT2D eigenvalue weighted by Crippen LogP contribution is 2.29. The summed E-state index contributed by atoms with van der Waals surface area (Å²) in [4.78, 5) is 31.4. The first kappa shape index (κ1) is 27.0. The number of rotatable bonds is 4. The zero-order valence-corrected chi connectivity index (χ0v) is 20.9. The van der Waals surface area contributed by atoms with Gasteiger partial charge in [0.1, 0.15) is 0 Å². The average molecular weight is 514 g/mol. The van der Waals surface area contributed by atoms with Crippen molar-refractivity contribution in [2.24, 2.45) is 0 Å². The van der Waals surface area contributed by atoms with E-state index >= 15 is 0 Å². The van der Waals surface area contributed by atoms with Crippen LogP contribution >= 0.6 is 11.6 Å². The number of fused-ring (bicyclic) bond motifs is 1. The van der Waals surface area contributed by atoms with Gasteiger partial charge >= 0.3 is 6.18 Å². The van der Waals surface area contributed by atoms with E-state index in [-0.39, 0.29) is 37.4 Å². The molecular weight excluding hydrogens is 483 g/mol. The number of amides is 2. The molecule has 7 nitrogen and oxygen atoms in total. The smallest absolute Gasteiger partial charge is 0.337 e. The van der Waals surface area contributed by atoms with Gasteiger partial charge in [-0.05, 0) is 44.0 Å². The van der Waals surface area contributed by atoms with Crippen LogP contribution in [0.1, 0.15) is 44.9 Å². The number of aromatic nitrogens is 2. The quantitative estimate of drug-likeness (QED) is 0.606. The number of aryl methyl sites for hydroxylation is 1. The van der Waals surface area contributed by atoms with E-state index in [0.717, 1.165) is 29.3 Å². The molecule has 192 valence electrons. The number of benzene rings is 1. The van der Waals surface area contributed by atoms with E-state index in [4.69, 9.17) is 11.6 Å². The van der Waals surface area contributed by atoms with Crippen LogP contribution in [0, 0.1) is 0 Å². The van der Waals surface area contributed by atoms with E-state index in [1.807, 2.05) is 6.07 Å². The molecule has 0 aliphatic carbocycles. The Hall–Kier alpha value is -2.59. The second-order valence-corrected chi connectivity index (χ2v) is 9.39. The lowest BCUT2D eigenvalue weighted by atomic mass is 10.1. The monoisotopic (exact) mass is 513 g/mol. The molecule has 1 aromatic carbocycles. The van der Waals surface area contributed by atoms with E-state index in [1.165, 1.54) is 13.1 Å². The first-order valence-corrected chi connectivity index (χ1v) is 12.0. The summed E-state index contributed by atoms with van der Waals surface area (Å²) in [7, 11) is 0. The molecule has 2 amide bonds. The molecule has 2 aromatic rings. The van der Waals surface area contributed by atoms with E-state index in [0.29, 0.717) is 30.3 Å². The Morgan fingerprint density at radius 3 is 2.49 bits per heavy atom. The van der Waals surface area contributed by atoms with Crippen molar-refractivity contribution >= 4 is 29.1 Å². The van der Waals surface area contributed by atoms with Gasteiger partial charge in [-0.15, -0.1) is 0 Å². The van der Waals surface area contributed by atoms with Gasteiger partial charge in [0.2, 0.25) is 11.8 Å². The Kier molecular flexibility index (Phi) is 8.82. The van der Waals surface area contributed by atoms with Crippen LogP contribution < -0.4 is 4.90 Å². The van der Waals surface area contributed by atoms with Crippen LogP contribution in [0.4, 0.5) is 18.9 Å². The van der Waals surface area contributed by atoms with Crippen LogP contribution in [-0.2, 0) is 28.9 Å². The second-order valence-electron chi connectivity index (χ2n) is 8.95. The standard InChI is InChI=1S/C24H31ClF3N5O2/c1-17(2)30-9-4-10-33(18(3)34)21-15-20(25)6-5-19(21)16-31(14-13-30)23(35)8-12-32-11-7-22(29-32)24(26,27)28/h5-7,11,15,17H,4,8-10,12-14,16H2,1-3H3. The second kappa shape index (κ2) is 11.4. The van der Waals surface area contributed by atoms with Crippen molar-refractivity contribution in [3.8, 4) is 0 Å². The van der Waals surface area contributed by atoms with Crippen molar-refractivity contribution in [2.75, 3.05) is 31.1 Å². The number of carbonyl (C=O) groups is 2. The number of alkyl halides is 3. The van der Waals surface area contributed by atoms with Gasteiger partial charge in [-0.1, -0.05) is 17.7 Å². The first-order chi connectivity index (χ1) is 16.5. The lowest BCUT2D eigenvalue weighted by Crippen LogP contribution is -2.41. The topological polar surface area (TPSA) is 61.7 Å². The fourth-order valence-corrected chi connectivity index (χ4v) is 4.35. The molecular formula is C24H31ClF3N5O2. The summed E-state index contributed by atoms with van der Waals surface area (Å²) in [6.45, 7) is 8.34. The van der Waals surface area contributed by atoms with Crippen molar-refractivity contribution in [1.82, 2.24) is 19.6 Å². The van der Waals surface area contributed by atoms with Crippen LogP contribution in [0.5, 0.6) is 0 Å². The molecule has 35 heavy (non-hydrogen) atoms. The Morgan fingerprint density at radius 1 is 1.11 bits per heavy atom. The van der Waals surface area contributed by atoms with Gasteiger partial charge in [-0.25, -0.2) is 0 Å². The molecule has 2 heterocycles. The minimum Gasteiger partial charge on any atom is -0.337 e. The molecule has 0 N–H and O–H groups in total. The van der Waals surface area contributed by atoms with Crippen LogP contribution in [0.3, 0.4) is 0 Å². The summed E-state index contributed by atoms with van der Waals surface area (Å²) < 4.78 is 39.7. The maximum atomic E-state index is 13.2. The van der Waals surface area contributed by atoms with E-state index in [9.17, 15) is 22.8 Å². The third kappa shape index (κ3) is 7.20. The highest BCUT2D eigenvalue weighted by molar-refractivity contribution is 6.31. The zero-order chi connectivity index (χ0) is 25.8. The highest BCUT2D eigenvalue weighted by atomic mass is 35.5. The molecule has 0 saturated heterocycles. The van der Waals surface area contributed by atoms with Crippen LogP contribution in [0.2, 0.25) is 5.02 Å². The number of nitrogens with zero attached hydrogens (tertiary/aromatic N) is 5. The molecule has 0 spiro atoms. The largest absolute Gasteiger partial charge is 0.435 e. The van der Waals surface area contributed by atoms with Crippen LogP contribution in [0.25, 0.3) is 0 Å². The van der Waals surface area contributed by atoms with Crippen LogP contribution in [0.15, 0.2) is 30.5 Å². The van der Waals surface area contributed by atoms with Gasteiger partial charge in [-0.2, -0.15) is 18.3 Å². The highest BCUT2D eigenvalue weighted by Gasteiger charge is 2.33. The maximum absolute atomic E-state index is 13.2. The molecule has 1 aliphatic heterocycles. The lowest BCUT2D eigenvalue weighted by Gasteiger charge is -2.30. The molecule has 0 atom stereocenters. The normalized spacial score (nSPS) is 16.2. The van der Waals surface area contributed by atoms with Gasteiger partial charge < -0.3 is 9.80 Å². The average Bonchev–Trinajstić information content (AvgIpc) is 3.25. The number of halogens is 4. The number of hydrogen-bond donors (Lipinski definition) is 0. The summed E-state index contributed by atoms with van der Waals surface area (Å²) in [6, 6.07) is 6.43. The van der Waals surface area contributed by atoms with Crippen molar-refractivity contribution in [2.45, 2.75) is 58.9 Å². The maximum Gasteiger partial charge on any atom is 0.435 e. The SMILES string of the molecule is CC(=O)N1CCCN(C(C)C)CCN(C(=O)CCn2ccc(C(F)(F)F)n2)Cc2ccc(Cl)cc21. The fourth-order valence-electron chi connectivity index (χ4n) is 4.18. The number of anilines is 1. The van der Waals surface area contributed by atoms with E-state index in [1.54, 1.807) is 21.9 Å². The molecule has 0 unspecified atom stereocenters. The van der Waals surface area contributed by atoms with Gasteiger partial charge in [0.15, 0.2) is 5.69 Å². The molecule has 11 heteroatoms. The molecule has 1 aromatic heterocycles. The minimum atomic E-state index is -4.53. The van der Waals surface area contributed by atoms with Gasteiger partial charge in [-0.3, -0.25) is 19.2 Å². The Labute approximate surface area is 208 Å². The Bertz CT molecular complexity index is 1040. The van der Waals surface area contributed by atoms with Gasteiger partial charge in [0.25, 0.3) is 0 Å². The predicted molar refractivity (Wildman–Crippen MR) is 128 cm³/mol. The predicted octanol–water partition coefficient (Wildman–Crippen LogP) is 4.44. The van der Waals surface area contributed by atoms with Crippen molar-refractivity contribution < 1.29 is 22.8 Å². The van der Waals surface area contributed by atoms with Gasteiger partial charge in [0.05, 0.1) is 5.69 Å². The third-order valence-electron chi connectivity index (χ3n) is 6.13. The molecule has 0 radical (unpaired) electrons. The third-order valence-corrected chi connectivity index (χ3v) is 6.37.